The van der Waals surface area contributed by atoms with Crippen LogP contribution in [0.5, 0.6) is 0 Å². The highest BCUT2D eigenvalue weighted by Crippen LogP contribution is 2.19. The van der Waals surface area contributed by atoms with Crippen molar-refractivity contribution in [3.63, 3.8) is 0 Å². The molecule has 0 atom stereocenters. The van der Waals surface area contributed by atoms with E-state index in [1.807, 2.05) is 29.8 Å². The number of hydrogen-bond acceptors (Lipinski definition) is 5. The summed E-state index contributed by atoms with van der Waals surface area (Å²) in [7, 11) is 1.92. The maximum absolute atomic E-state index is 11.8. The molecule has 2 rings (SSSR count). The number of thioether (sulfide) groups is 1. The normalized spacial score (nSPS) is 10.9. The zero-order chi connectivity index (χ0) is 15.2. The number of nitrogens with zero attached hydrogens (tertiary/aromatic N) is 4. The molecule has 1 amide bonds. The summed E-state index contributed by atoms with van der Waals surface area (Å²) in [6.07, 6.45) is 1.71. The first-order valence-corrected chi connectivity index (χ1v) is 7.75. The summed E-state index contributed by atoms with van der Waals surface area (Å²) < 4.78 is 1.93. The fourth-order valence-corrected chi connectivity index (χ4v) is 2.58. The summed E-state index contributed by atoms with van der Waals surface area (Å²) in [6.45, 7) is 4.58. The van der Waals surface area contributed by atoms with Gasteiger partial charge in [-0.05, 0) is 12.1 Å². The Hall–Kier alpha value is -1.89. The van der Waals surface area contributed by atoms with Crippen molar-refractivity contribution >= 4 is 17.7 Å². The summed E-state index contributed by atoms with van der Waals surface area (Å²) in [5, 5.41) is 11.8. The van der Waals surface area contributed by atoms with Gasteiger partial charge in [-0.15, -0.1) is 10.2 Å². The third-order valence-electron chi connectivity index (χ3n) is 2.91. The van der Waals surface area contributed by atoms with Crippen LogP contribution < -0.4 is 5.32 Å². The Bertz CT molecular complexity index is 597. The maximum Gasteiger partial charge on any atom is 0.230 e. The first-order chi connectivity index (χ1) is 10.1. The Kier molecular flexibility index (Phi) is 5.32. The van der Waals surface area contributed by atoms with Crippen molar-refractivity contribution in [3.05, 3.63) is 35.9 Å². The van der Waals surface area contributed by atoms with Gasteiger partial charge >= 0.3 is 0 Å². The van der Waals surface area contributed by atoms with Gasteiger partial charge in [-0.3, -0.25) is 9.78 Å². The maximum atomic E-state index is 11.8. The number of hydrogen-bond donors (Lipinski definition) is 1. The van der Waals surface area contributed by atoms with Crippen LogP contribution in [0.4, 0.5) is 0 Å². The van der Waals surface area contributed by atoms with Gasteiger partial charge in [0.05, 0.1) is 18.0 Å². The van der Waals surface area contributed by atoms with Gasteiger partial charge in [-0.25, -0.2) is 0 Å². The molecule has 0 spiro atoms. The van der Waals surface area contributed by atoms with Gasteiger partial charge in [0.1, 0.15) is 5.82 Å². The van der Waals surface area contributed by atoms with E-state index >= 15 is 0 Å². The largest absolute Gasteiger partial charge is 0.350 e. The van der Waals surface area contributed by atoms with Crippen LogP contribution in [0.3, 0.4) is 0 Å². The molecule has 7 heteroatoms. The smallest absolute Gasteiger partial charge is 0.230 e. The first kappa shape index (κ1) is 15.5. The summed E-state index contributed by atoms with van der Waals surface area (Å²) >= 11 is 1.39. The lowest BCUT2D eigenvalue weighted by Crippen LogP contribution is -2.25. The average Bonchev–Trinajstić information content (AvgIpc) is 2.85. The third kappa shape index (κ3) is 4.29. The van der Waals surface area contributed by atoms with E-state index in [2.05, 4.69) is 34.3 Å². The number of aromatic nitrogens is 4. The number of carbonyl (C=O) groups excluding carboxylic acids is 1. The van der Waals surface area contributed by atoms with E-state index in [1.165, 1.54) is 11.8 Å². The Morgan fingerprint density at radius 2 is 2.19 bits per heavy atom. The van der Waals surface area contributed by atoms with Crippen LogP contribution in [0.2, 0.25) is 0 Å². The molecule has 2 aromatic rings. The predicted molar refractivity (Wildman–Crippen MR) is 81.9 cm³/mol. The highest BCUT2D eigenvalue weighted by Gasteiger charge is 2.13. The van der Waals surface area contributed by atoms with Crippen LogP contribution in [0, 0.1) is 0 Å². The van der Waals surface area contributed by atoms with E-state index < -0.39 is 0 Å². The summed E-state index contributed by atoms with van der Waals surface area (Å²) in [5.41, 5.74) is 0.844. The molecule has 0 bridgehead atoms. The number of carbonyl (C=O) groups is 1. The molecule has 0 aromatic carbocycles. The average molecular weight is 305 g/mol. The van der Waals surface area contributed by atoms with Crippen LogP contribution in [0.15, 0.2) is 29.6 Å². The quantitative estimate of drug-likeness (QED) is 0.823. The lowest BCUT2D eigenvalue weighted by molar-refractivity contribution is -0.118. The van der Waals surface area contributed by atoms with E-state index in [1.54, 1.807) is 6.20 Å². The molecule has 0 saturated carbocycles. The lowest BCUT2D eigenvalue weighted by atomic mass is 10.2. The van der Waals surface area contributed by atoms with Crippen molar-refractivity contribution in [2.45, 2.75) is 31.5 Å². The van der Waals surface area contributed by atoms with Gasteiger partial charge < -0.3 is 9.88 Å². The molecule has 0 radical (unpaired) electrons. The van der Waals surface area contributed by atoms with E-state index in [0.717, 1.165) is 16.7 Å². The van der Waals surface area contributed by atoms with E-state index in [4.69, 9.17) is 0 Å². The highest BCUT2D eigenvalue weighted by molar-refractivity contribution is 7.99. The molecule has 1 N–H and O–H groups in total. The molecule has 2 aromatic heterocycles. The standard InChI is InChI=1S/C14H19N5OS/c1-10(2)13-17-18-14(19(13)3)21-9-12(20)16-8-11-6-4-5-7-15-11/h4-7,10H,8-9H2,1-3H3,(H,16,20). The first-order valence-electron chi connectivity index (χ1n) is 6.76. The van der Waals surface area contributed by atoms with Crippen LogP contribution in [0.1, 0.15) is 31.3 Å². The summed E-state index contributed by atoms with van der Waals surface area (Å²) in [4.78, 5) is 16.0. The number of rotatable bonds is 6. The Morgan fingerprint density at radius 1 is 1.38 bits per heavy atom. The second-order valence-corrected chi connectivity index (χ2v) is 5.88. The Morgan fingerprint density at radius 3 is 2.81 bits per heavy atom. The molecule has 0 fully saturated rings. The Labute approximate surface area is 128 Å². The highest BCUT2D eigenvalue weighted by atomic mass is 32.2. The molecule has 0 aliphatic carbocycles. The van der Waals surface area contributed by atoms with Crippen LogP contribution in [-0.4, -0.2) is 31.4 Å². The third-order valence-corrected chi connectivity index (χ3v) is 3.93. The van der Waals surface area contributed by atoms with Crippen molar-refractivity contribution in [1.82, 2.24) is 25.1 Å². The van der Waals surface area contributed by atoms with E-state index in [-0.39, 0.29) is 5.91 Å². The molecule has 0 aliphatic heterocycles. The molecular weight excluding hydrogens is 286 g/mol. The van der Waals surface area contributed by atoms with Gasteiger partial charge in [0, 0.05) is 19.2 Å². The molecule has 21 heavy (non-hydrogen) atoms. The molecule has 112 valence electrons. The molecule has 0 saturated heterocycles. The van der Waals surface area contributed by atoms with E-state index in [0.29, 0.717) is 18.2 Å². The van der Waals surface area contributed by atoms with Gasteiger partial charge in [-0.2, -0.15) is 0 Å². The van der Waals surface area contributed by atoms with Crippen molar-refractivity contribution in [3.8, 4) is 0 Å². The second-order valence-electron chi connectivity index (χ2n) is 4.94. The SMILES string of the molecule is CC(C)c1nnc(SCC(=O)NCc2ccccn2)n1C. The minimum absolute atomic E-state index is 0.0419. The van der Waals surface area contributed by atoms with Gasteiger partial charge in [0.2, 0.25) is 5.91 Å². The number of nitrogens with one attached hydrogen (secondary N) is 1. The Balaban J connectivity index is 1.81. The van der Waals surface area contributed by atoms with Gasteiger partial charge in [0.15, 0.2) is 5.16 Å². The predicted octanol–water partition coefficient (Wildman–Crippen LogP) is 1.74. The summed E-state index contributed by atoms with van der Waals surface area (Å²) in [5.74, 6) is 1.51. The monoisotopic (exact) mass is 305 g/mol. The molecular formula is C14H19N5OS. The van der Waals surface area contributed by atoms with Crippen molar-refractivity contribution in [2.75, 3.05) is 5.75 Å². The fraction of sp³-hybridized carbons (Fsp3) is 0.429. The van der Waals surface area contributed by atoms with Crippen molar-refractivity contribution < 1.29 is 4.79 Å². The lowest BCUT2D eigenvalue weighted by Gasteiger charge is -2.06. The molecule has 0 aliphatic rings. The second kappa shape index (κ2) is 7.21. The minimum Gasteiger partial charge on any atom is -0.350 e. The molecule has 6 nitrogen and oxygen atoms in total. The van der Waals surface area contributed by atoms with Crippen LogP contribution in [-0.2, 0) is 18.4 Å². The van der Waals surface area contributed by atoms with E-state index in [9.17, 15) is 4.79 Å². The van der Waals surface area contributed by atoms with Gasteiger partial charge in [0.25, 0.3) is 0 Å². The molecule has 0 unspecified atom stereocenters. The number of pyridine rings is 1. The van der Waals surface area contributed by atoms with Crippen molar-refractivity contribution in [1.29, 1.82) is 0 Å². The van der Waals surface area contributed by atoms with Crippen LogP contribution >= 0.6 is 11.8 Å². The van der Waals surface area contributed by atoms with Crippen molar-refractivity contribution in [2.24, 2.45) is 7.05 Å². The van der Waals surface area contributed by atoms with Gasteiger partial charge in [-0.1, -0.05) is 31.7 Å². The molecule has 2 heterocycles. The minimum atomic E-state index is -0.0419. The van der Waals surface area contributed by atoms with Crippen LogP contribution in [0.25, 0.3) is 0 Å². The summed E-state index contributed by atoms with van der Waals surface area (Å²) in [6, 6.07) is 5.63. The fourth-order valence-electron chi connectivity index (χ4n) is 1.83. The zero-order valence-electron chi connectivity index (χ0n) is 12.4. The number of amides is 1. The zero-order valence-corrected chi connectivity index (χ0v) is 13.2. The topological polar surface area (TPSA) is 72.7 Å².